The molecule has 1 saturated heterocycles. The van der Waals surface area contributed by atoms with Crippen molar-refractivity contribution in [2.24, 2.45) is 5.84 Å². The number of hydrazine groups is 1. The van der Waals surface area contributed by atoms with Gasteiger partial charge in [0.25, 0.3) is 5.91 Å². The van der Waals surface area contributed by atoms with Crippen LogP contribution >= 0.6 is 0 Å². The van der Waals surface area contributed by atoms with Crippen molar-refractivity contribution in [3.63, 3.8) is 0 Å². The van der Waals surface area contributed by atoms with Gasteiger partial charge >= 0.3 is 6.09 Å². The highest BCUT2D eigenvalue weighted by Crippen LogP contribution is 1.95. The number of nitrogens with one attached hydrogen (secondary N) is 2. The Balaban J connectivity index is 2.44. The topological polar surface area (TPSA) is 93.4 Å². The van der Waals surface area contributed by atoms with E-state index in [2.05, 4.69) is 10.1 Å². The lowest BCUT2D eigenvalue weighted by Crippen LogP contribution is -2.45. The summed E-state index contributed by atoms with van der Waals surface area (Å²) in [5.41, 5.74) is 1.89. The van der Waals surface area contributed by atoms with E-state index < -0.39 is 18.0 Å². The monoisotopic (exact) mass is 145 g/mol. The van der Waals surface area contributed by atoms with Gasteiger partial charge in [-0.05, 0) is 0 Å². The number of carbonyl (C=O) groups excluding carboxylic acids is 2. The summed E-state index contributed by atoms with van der Waals surface area (Å²) in [4.78, 5) is 20.9. The maximum atomic E-state index is 10.6. The van der Waals surface area contributed by atoms with Crippen LogP contribution < -0.4 is 16.6 Å². The maximum Gasteiger partial charge on any atom is 0.407 e. The van der Waals surface area contributed by atoms with Crippen LogP contribution in [0.25, 0.3) is 0 Å². The molecule has 0 radical (unpaired) electrons. The predicted octanol–water partition coefficient (Wildman–Crippen LogP) is -1.92. The zero-order valence-corrected chi connectivity index (χ0v) is 5.09. The summed E-state index contributed by atoms with van der Waals surface area (Å²) in [7, 11) is 0. The number of cyclic esters (lactones) is 1. The zero-order valence-electron chi connectivity index (χ0n) is 5.09. The van der Waals surface area contributed by atoms with Gasteiger partial charge in [0, 0.05) is 0 Å². The SMILES string of the molecule is NNC(=O)C1COC(=O)N1. The summed E-state index contributed by atoms with van der Waals surface area (Å²) in [6.07, 6.45) is -0.589. The average molecular weight is 145 g/mol. The van der Waals surface area contributed by atoms with E-state index in [9.17, 15) is 9.59 Å². The number of nitrogens with two attached hydrogens (primary N) is 1. The first-order valence-electron chi connectivity index (χ1n) is 2.68. The van der Waals surface area contributed by atoms with Crippen LogP contribution in [-0.4, -0.2) is 24.6 Å². The molecule has 0 aromatic rings. The van der Waals surface area contributed by atoms with Crippen molar-refractivity contribution in [3.05, 3.63) is 0 Å². The summed E-state index contributed by atoms with van der Waals surface area (Å²) in [5.74, 6) is 4.34. The van der Waals surface area contributed by atoms with Gasteiger partial charge in [-0.15, -0.1) is 0 Å². The molecule has 0 spiro atoms. The van der Waals surface area contributed by atoms with Gasteiger partial charge in [-0.1, -0.05) is 0 Å². The van der Waals surface area contributed by atoms with Crippen LogP contribution in [-0.2, 0) is 9.53 Å². The van der Waals surface area contributed by atoms with E-state index in [0.29, 0.717) is 0 Å². The fraction of sp³-hybridized carbons (Fsp3) is 0.500. The van der Waals surface area contributed by atoms with Crippen molar-refractivity contribution in [2.45, 2.75) is 6.04 Å². The minimum atomic E-state index is -0.641. The molecule has 6 heteroatoms. The highest BCUT2D eigenvalue weighted by Gasteiger charge is 2.27. The van der Waals surface area contributed by atoms with E-state index >= 15 is 0 Å². The molecule has 0 aromatic heterocycles. The lowest BCUT2D eigenvalue weighted by molar-refractivity contribution is -0.122. The number of amides is 2. The molecule has 10 heavy (non-hydrogen) atoms. The minimum Gasteiger partial charge on any atom is -0.447 e. The number of alkyl carbamates (subject to hydrolysis) is 1. The van der Waals surface area contributed by atoms with Crippen LogP contribution in [0.3, 0.4) is 0 Å². The van der Waals surface area contributed by atoms with E-state index in [1.54, 1.807) is 0 Å². The Kier molecular flexibility index (Phi) is 1.72. The normalized spacial score (nSPS) is 23.3. The molecule has 2 amide bonds. The fourth-order valence-corrected chi connectivity index (χ4v) is 0.626. The third-order valence-corrected chi connectivity index (χ3v) is 1.13. The molecule has 0 saturated carbocycles. The van der Waals surface area contributed by atoms with Crippen LogP contribution in [0.4, 0.5) is 4.79 Å². The Morgan fingerprint density at radius 2 is 2.60 bits per heavy atom. The third kappa shape index (κ3) is 1.16. The molecule has 56 valence electrons. The van der Waals surface area contributed by atoms with Gasteiger partial charge in [-0.2, -0.15) is 0 Å². The first-order chi connectivity index (χ1) is 4.74. The largest absolute Gasteiger partial charge is 0.447 e. The van der Waals surface area contributed by atoms with Crippen molar-refractivity contribution in [2.75, 3.05) is 6.61 Å². The quantitative estimate of drug-likeness (QED) is 0.228. The van der Waals surface area contributed by atoms with Crippen molar-refractivity contribution in [3.8, 4) is 0 Å². The molecule has 0 aromatic carbocycles. The number of hydrogen-bond donors (Lipinski definition) is 3. The molecule has 4 N–H and O–H groups in total. The van der Waals surface area contributed by atoms with Crippen molar-refractivity contribution >= 4 is 12.0 Å². The molecule has 0 aliphatic carbocycles. The molecular weight excluding hydrogens is 138 g/mol. The Bertz CT molecular complexity index is 169. The van der Waals surface area contributed by atoms with Gasteiger partial charge < -0.3 is 10.1 Å². The molecule has 1 rings (SSSR count). The van der Waals surface area contributed by atoms with Crippen LogP contribution in [0.2, 0.25) is 0 Å². The summed E-state index contributed by atoms with van der Waals surface area (Å²) in [6, 6.07) is -0.641. The summed E-state index contributed by atoms with van der Waals surface area (Å²) < 4.78 is 4.42. The number of ether oxygens (including phenoxy) is 1. The summed E-state index contributed by atoms with van der Waals surface area (Å²) >= 11 is 0. The molecular formula is C4H7N3O3. The van der Waals surface area contributed by atoms with Gasteiger partial charge in [0.15, 0.2) is 0 Å². The van der Waals surface area contributed by atoms with Crippen LogP contribution in [0.15, 0.2) is 0 Å². The number of hydrogen-bond acceptors (Lipinski definition) is 4. The first-order valence-corrected chi connectivity index (χ1v) is 2.68. The van der Waals surface area contributed by atoms with Gasteiger partial charge in [0.2, 0.25) is 0 Å². The van der Waals surface area contributed by atoms with E-state index in [0.717, 1.165) is 0 Å². The summed E-state index contributed by atoms with van der Waals surface area (Å²) in [6.45, 7) is 0.0435. The fourth-order valence-electron chi connectivity index (χ4n) is 0.626. The van der Waals surface area contributed by atoms with Crippen LogP contribution in [0, 0.1) is 0 Å². The van der Waals surface area contributed by atoms with Gasteiger partial charge in [0.1, 0.15) is 12.6 Å². The average Bonchev–Trinajstić information content (AvgIpc) is 2.34. The van der Waals surface area contributed by atoms with E-state index in [1.807, 2.05) is 5.43 Å². The first kappa shape index (κ1) is 6.81. The molecule has 1 aliphatic rings. The number of rotatable bonds is 1. The molecule has 1 aliphatic heterocycles. The van der Waals surface area contributed by atoms with Crippen molar-refractivity contribution < 1.29 is 14.3 Å². The Morgan fingerprint density at radius 3 is 3.00 bits per heavy atom. The smallest absolute Gasteiger partial charge is 0.407 e. The molecule has 6 nitrogen and oxygen atoms in total. The summed E-state index contributed by atoms with van der Waals surface area (Å²) in [5, 5.41) is 2.25. The lowest BCUT2D eigenvalue weighted by Gasteiger charge is -2.02. The second-order valence-corrected chi connectivity index (χ2v) is 1.80. The minimum absolute atomic E-state index is 0.0435. The van der Waals surface area contributed by atoms with E-state index in [1.165, 1.54) is 0 Å². The standard InChI is InChI=1S/C4H7N3O3/c5-7-3(8)2-1-10-4(9)6-2/h2H,1,5H2,(H,6,9)(H,7,8). The molecule has 1 heterocycles. The molecule has 1 atom stereocenters. The zero-order chi connectivity index (χ0) is 7.56. The van der Waals surface area contributed by atoms with Gasteiger partial charge in [0.05, 0.1) is 0 Å². The van der Waals surface area contributed by atoms with Gasteiger partial charge in [-0.25, -0.2) is 10.6 Å². The lowest BCUT2D eigenvalue weighted by atomic mass is 10.3. The highest BCUT2D eigenvalue weighted by molar-refractivity contribution is 5.87. The van der Waals surface area contributed by atoms with Gasteiger partial charge in [-0.3, -0.25) is 10.2 Å². The second-order valence-electron chi connectivity index (χ2n) is 1.80. The highest BCUT2D eigenvalue weighted by atomic mass is 16.6. The molecule has 1 unspecified atom stereocenters. The van der Waals surface area contributed by atoms with Crippen molar-refractivity contribution in [1.29, 1.82) is 0 Å². The Morgan fingerprint density at radius 1 is 1.90 bits per heavy atom. The predicted molar refractivity (Wildman–Crippen MR) is 30.6 cm³/mol. The van der Waals surface area contributed by atoms with E-state index in [4.69, 9.17) is 5.84 Å². The van der Waals surface area contributed by atoms with Crippen molar-refractivity contribution in [1.82, 2.24) is 10.7 Å². The van der Waals surface area contributed by atoms with E-state index in [-0.39, 0.29) is 6.61 Å². The second kappa shape index (κ2) is 2.53. The third-order valence-electron chi connectivity index (χ3n) is 1.13. The Hall–Kier alpha value is -1.30. The maximum absolute atomic E-state index is 10.6. The molecule has 1 fully saturated rings. The Labute approximate surface area is 56.7 Å². The molecule has 0 bridgehead atoms. The van der Waals surface area contributed by atoms with Crippen LogP contribution in [0.5, 0.6) is 0 Å². The van der Waals surface area contributed by atoms with Crippen LogP contribution in [0.1, 0.15) is 0 Å². The number of carbonyl (C=O) groups is 2.